The lowest BCUT2D eigenvalue weighted by Crippen LogP contribution is -2.36. The van der Waals surface area contributed by atoms with Gasteiger partial charge in [-0.05, 0) is 56.8 Å². The SMILES string of the molecule is CN1CCCCC1CCSc1cc(N)cc(F)c1. The minimum absolute atomic E-state index is 0.243. The topological polar surface area (TPSA) is 29.3 Å². The van der Waals surface area contributed by atoms with Crippen LogP contribution in [0, 0.1) is 5.82 Å². The van der Waals surface area contributed by atoms with Gasteiger partial charge in [0.05, 0.1) is 0 Å². The Kier molecular flexibility index (Phi) is 4.89. The summed E-state index contributed by atoms with van der Waals surface area (Å²) in [6.45, 7) is 1.21. The van der Waals surface area contributed by atoms with Crippen LogP contribution in [0.3, 0.4) is 0 Å². The number of nitrogens with two attached hydrogens (primary N) is 1. The molecule has 0 aliphatic carbocycles. The number of thioether (sulfide) groups is 1. The van der Waals surface area contributed by atoms with E-state index in [-0.39, 0.29) is 5.82 Å². The van der Waals surface area contributed by atoms with Crippen LogP contribution >= 0.6 is 11.8 Å². The Labute approximate surface area is 113 Å². The van der Waals surface area contributed by atoms with Crippen molar-refractivity contribution < 1.29 is 4.39 Å². The first-order valence-corrected chi connectivity index (χ1v) is 7.53. The predicted octanol–water partition coefficient (Wildman–Crippen LogP) is 3.37. The molecule has 0 spiro atoms. The zero-order valence-electron chi connectivity index (χ0n) is 10.9. The summed E-state index contributed by atoms with van der Waals surface area (Å²) in [4.78, 5) is 3.38. The van der Waals surface area contributed by atoms with Crippen molar-refractivity contribution in [3.8, 4) is 0 Å². The van der Waals surface area contributed by atoms with Crippen molar-refractivity contribution in [3.05, 3.63) is 24.0 Å². The third kappa shape index (κ3) is 3.89. The molecule has 100 valence electrons. The number of halogens is 1. The first-order valence-electron chi connectivity index (χ1n) is 6.54. The van der Waals surface area contributed by atoms with Gasteiger partial charge in [0.1, 0.15) is 5.82 Å². The fraction of sp³-hybridized carbons (Fsp3) is 0.571. The van der Waals surface area contributed by atoms with Crippen LogP contribution in [-0.4, -0.2) is 30.3 Å². The number of nitrogens with zero attached hydrogens (tertiary/aromatic N) is 1. The molecule has 4 heteroatoms. The molecular formula is C14H21FN2S. The quantitative estimate of drug-likeness (QED) is 0.670. The van der Waals surface area contributed by atoms with Crippen LogP contribution in [0.4, 0.5) is 10.1 Å². The highest BCUT2D eigenvalue weighted by atomic mass is 32.2. The van der Waals surface area contributed by atoms with Crippen LogP contribution in [0.5, 0.6) is 0 Å². The third-order valence-corrected chi connectivity index (χ3v) is 4.54. The minimum Gasteiger partial charge on any atom is -0.399 e. The molecule has 1 aromatic rings. The van der Waals surface area contributed by atoms with Gasteiger partial charge in [-0.2, -0.15) is 0 Å². The molecule has 1 aliphatic rings. The van der Waals surface area contributed by atoms with Gasteiger partial charge in [0.15, 0.2) is 0 Å². The Morgan fingerprint density at radius 1 is 1.39 bits per heavy atom. The summed E-state index contributed by atoms with van der Waals surface area (Å²) >= 11 is 1.70. The van der Waals surface area contributed by atoms with Crippen LogP contribution in [0.1, 0.15) is 25.7 Å². The summed E-state index contributed by atoms with van der Waals surface area (Å²) < 4.78 is 13.2. The van der Waals surface area contributed by atoms with Gasteiger partial charge in [0.25, 0.3) is 0 Å². The second kappa shape index (κ2) is 6.43. The summed E-state index contributed by atoms with van der Waals surface area (Å²) in [7, 11) is 2.20. The van der Waals surface area contributed by atoms with Crippen molar-refractivity contribution >= 4 is 17.4 Å². The second-order valence-electron chi connectivity index (χ2n) is 4.99. The Morgan fingerprint density at radius 2 is 2.22 bits per heavy atom. The number of hydrogen-bond acceptors (Lipinski definition) is 3. The summed E-state index contributed by atoms with van der Waals surface area (Å²) in [6, 6.07) is 5.46. The van der Waals surface area contributed by atoms with Crippen LogP contribution < -0.4 is 5.73 Å². The molecule has 0 radical (unpaired) electrons. The van der Waals surface area contributed by atoms with Crippen molar-refractivity contribution in [1.29, 1.82) is 0 Å². The van der Waals surface area contributed by atoms with E-state index in [4.69, 9.17) is 5.73 Å². The first kappa shape index (κ1) is 13.7. The van der Waals surface area contributed by atoms with Gasteiger partial charge in [-0.1, -0.05) is 6.42 Å². The summed E-state index contributed by atoms with van der Waals surface area (Å²) in [5.74, 6) is 0.782. The van der Waals surface area contributed by atoms with Gasteiger partial charge in [-0.25, -0.2) is 4.39 Å². The van der Waals surface area contributed by atoms with Crippen LogP contribution in [0.15, 0.2) is 23.1 Å². The van der Waals surface area contributed by atoms with Crippen molar-refractivity contribution in [2.45, 2.75) is 36.6 Å². The molecule has 0 bridgehead atoms. The van der Waals surface area contributed by atoms with E-state index in [1.165, 1.54) is 31.9 Å². The molecule has 1 aliphatic heterocycles. The zero-order chi connectivity index (χ0) is 13.0. The van der Waals surface area contributed by atoms with Gasteiger partial charge < -0.3 is 10.6 Å². The highest BCUT2D eigenvalue weighted by Crippen LogP contribution is 2.25. The maximum Gasteiger partial charge on any atom is 0.126 e. The average molecular weight is 268 g/mol. The van der Waals surface area contributed by atoms with Crippen molar-refractivity contribution in [2.24, 2.45) is 0 Å². The zero-order valence-corrected chi connectivity index (χ0v) is 11.7. The van der Waals surface area contributed by atoms with E-state index in [0.717, 1.165) is 17.1 Å². The smallest absolute Gasteiger partial charge is 0.126 e. The number of piperidine rings is 1. The van der Waals surface area contributed by atoms with Gasteiger partial charge in [0, 0.05) is 16.6 Å². The number of nitrogen functional groups attached to an aromatic ring is 1. The molecule has 1 atom stereocenters. The first-order chi connectivity index (χ1) is 8.65. The molecule has 1 heterocycles. The fourth-order valence-electron chi connectivity index (χ4n) is 2.49. The fourth-order valence-corrected chi connectivity index (χ4v) is 3.53. The lowest BCUT2D eigenvalue weighted by molar-refractivity contribution is 0.182. The standard InChI is InChI=1S/C14H21FN2S/c1-17-6-3-2-4-13(17)5-7-18-14-9-11(15)8-12(16)10-14/h8-10,13H,2-7,16H2,1H3. The molecule has 0 aromatic heterocycles. The second-order valence-corrected chi connectivity index (χ2v) is 6.16. The minimum atomic E-state index is -0.243. The van der Waals surface area contributed by atoms with E-state index in [2.05, 4.69) is 11.9 Å². The van der Waals surface area contributed by atoms with E-state index in [0.29, 0.717) is 11.7 Å². The molecule has 0 saturated carbocycles. The van der Waals surface area contributed by atoms with Crippen LogP contribution in [0.25, 0.3) is 0 Å². The van der Waals surface area contributed by atoms with E-state index in [1.807, 2.05) is 6.07 Å². The lowest BCUT2D eigenvalue weighted by Gasteiger charge is -2.32. The number of likely N-dealkylation sites (tertiary alicyclic amines) is 1. The van der Waals surface area contributed by atoms with E-state index < -0.39 is 0 Å². The van der Waals surface area contributed by atoms with E-state index in [9.17, 15) is 4.39 Å². The van der Waals surface area contributed by atoms with E-state index in [1.54, 1.807) is 17.8 Å². The Balaban J connectivity index is 1.80. The Hall–Kier alpha value is -0.740. The normalized spacial score (nSPS) is 21.1. The van der Waals surface area contributed by atoms with Gasteiger partial charge in [-0.3, -0.25) is 0 Å². The molecule has 1 unspecified atom stereocenters. The van der Waals surface area contributed by atoms with Crippen molar-refractivity contribution in [3.63, 3.8) is 0 Å². The molecule has 2 N–H and O–H groups in total. The highest BCUT2D eigenvalue weighted by Gasteiger charge is 2.18. The monoisotopic (exact) mass is 268 g/mol. The molecule has 2 rings (SSSR count). The van der Waals surface area contributed by atoms with Gasteiger partial charge >= 0.3 is 0 Å². The van der Waals surface area contributed by atoms with Crippen LogP contribution in [0.2, 0.25) is 0 Å². The third-order valence-electron chi connectivity index (χ3n) is 3.53. The molecule has 1 aromatic carbocycles. The maximum absolute atomic E-state index is 13.2. The Morgan fingerprint density at radius 3 is 2.94 bits per heavy atom. The molecule has 18 heavy (non-hydrogen) atoms. The maximum atomic E-state index is 13.2. The molecule has 1 fully saturated rings. The lowest BCUT2D eigenvalue weighted by atomic mass is 10.0. The average Bonchev–Trinajstić information content (AvgIpc) is 2.30. The summed E-state index contributed by atoms with van der Waals surface area (Å²) in [6.07, 6.45) is 5.12. The van der Waals surface area contributed by atoms with E-state index >= 15 is 0 Å². The number of benzene rings is 1. The number of anilines is 1. The highest BCUT2D eigenvalue weighted by molar-refractivity contribution is 7.99. The Bertz CT molecular complexity index is 377. The molecule has 0 amide bonds. The molecular weight excluding hydrogens is 247 g/mol. The summed E-state index contributed by atoms with van der Waals surface area (Å²) in [5.41, 5.74) is 6.14. The molecule has 2 nitrogen and oxygen atoms in total. The molecule has 1 saturated heterocycles. The number of hydrogen-bond donors (Lipinski definition) is 1. The number of rotatable bonds is 4. The van der Waals surface area contributed by atoms with Gasteiger partial charge in [-0.15, -0.1) is 11.8 Å². The largest absolute Gasteiger partial charge is 0.399 e. The summed E-state index contributed by atoms with van der Waals surface area (Å²) in [5, 5.41) is 0. The van der Waals surface area contributed by atoms with Crippen molar-refractivity contribution in [1.82, 2.24) is 4.90 Å². The van der Waals surface area contributed by atoms with Gasteiger partial charge in [0.2, 0.25) is 0 Å². The predicted molar refractivity (Wildman–Crippen MR) is 76.4 cm³/mol. The van der Waals surface area contributed by atoms with Crippen molar-refractivity contribution in [2.75, 3.05) is 25.1 Å². The van der Waals surface area contributed by atoms with Crippen LogP contribution in [-0.2, 0) is 0 Å².